The average Bonchev–Trinajstić information content (AvgIpc) is 3.15. The second-order valence-corrected chi connectivity index (χ2v) is 7.09. The average molecular weight is 333 g/mol. The normalized spacial score (nSPS) is 23.8. The van der Waals surface area contributed by atoms with Crippen LogP contribution in [0.5, 0.6) is 0 Å². The molecule has 2 aliphatic rings. The van der Waals surface area contributed by atoms with Gasteiger partial charge in [0.05, 0.1) is 6.26 Å². The highest BCUT2D eigenvalue weighted by Gasteiger charge is 2.52. The summed E-state index contributed by atoms with van der Waals surface area (Å²) in [6.07, 6.45) is 3.43. The lowest BCUT2D eigenvalue weighted by molar-refractivity contribution is -0.139. The molecule has 1 saturated heterocycles. The number of carbonyl (C=O) groups excluding carboxylic acids is 3. The molecule has 0 radical (unpaired) electrons. The molecule has 1 aliphatic carbocycles. The van der Waals surface area contributed by atoms with Crippen molar-refractivity contribution in [2.24, 2.45) is 5.92 Å². The van der Waals surface area contributed by atoms with Gasteiger partial charge in [-0.25, -0.2) is 4.79 Å². The second-order valence-electron chi connectivity index (χ2n) is 7.09. The molecule has 0 aromatic carbocycles. The summed E-state index contributed by atoms with van der Waals surface area (Å²) in [4.78, 5) is 40.4. The first-order valence-corrected chi connectivity index (χ1v) is 8.30. The van der Waals surface area contributed by atoms with Crippen molar-refractivity contribution in [3.63, 3.8) is 0 Å². The van der Waals surface area contributed by atoms with Gasteiger partial charge in [0.1, 0.15) is 12.3 Å². The predicted octanol–water partition coefficient (Wildman–Crippen LogP) is 1.69. The third kappa shape index (κ3) is 2.90. The molecule has 1 aliphatic heterocycles. The Labute approximate surface area is 141 Å². The largest absolute Gasteiger partial charge is 0.466 e. The van der Waals surface area contributed by atoms with Gasteiger partial charge in [-0.15, -0.1) is 0 Å². The molecule has 7 heteroatoms. The van der Waals surface area contributed by atoms with E-state index in [9.17, 15) is 14.4 Å². The lowest BCUT2D eigenvalue weighted by Crippen LogP contribution is -2.46. The molecule has 2 fully saturated rings. The Hall–Kier alpha value is -2.31. The van der Waals surface area contributed by atoms with Crippen molar-refractivity contribution >= 4 is 17.8 Å². The fourth-order valence-electron chi connectivity index (χ4n) is 3.03. The smallest absolute Gasteiger partial charge is 0.325 e. The van der Waals surface area contributed by atoms with Gasteiger partial charge in [0, 0.05) is 12.6 Å². The van der Waals surface area contributed by atoms with E-state index in [1.807, 2.05) is 13.8 Å². The Balaban J connectivity index is 1.74. The predicted molar refractivity (Wildman–Crippen MR) is 85.9 cm³/mol. The zero-order valence-corrected chi connectivity index (χ0v) is 14.2. The molecule has 0 spiro atoms. The third-order valence-electron chi connectivity index (χ3n) is 4.45. The molecule has 1 unspecified atom stereocenters. The maximum absolute atomic E-state index is 12.7. The van der Waals surface area contributed by atoms with Crippen LogP contribution in [0, 0.1) is 5.92 Å². The highest BCUT2D eigenvalue weighted by Crippen LogP contribution is 2.31. The number of rotatable bonds is 6. The van der Waals surface area contributed by atoms with Crippen molar-refractivity contribution in [2.75, 3.05) is 13.1 Å². The van der Waals surface area contributed by atoms with Crippen molar-refractivity contribution < 1.29 is 18.8 Å². The Kier molecular flexibility index (Phi) is 4.11. The van der Waals surface area contributed by atoms with E-state index in [0.717, 1.165) is 17.7 Å². The highest BCUT2D eigenvalue weighted by molar-refractivity contribution is 6.08. The summed E-state index contributed by atoms with van der Waals surface area (Å²) in [5.74, 6) is 0.0533. The minimum atomic E-state index is -1.26. The Morgan fingerprint density at radius 1 is 1.46 bits per heavy atom. The van der Waals surface area contributed by atoms with E-state index in [1.165, 1.54) is 6.26 Å². The molecule has 1 aromatic heterocycles. The summed E-state index contributed by atoms with van der Waals surface area (Å²) in [6, 6.07) is 2.98. The number of urea groups is 1. The topological polar surface area (TPSA) is 82.9 Å². The van der Waals surface area contributed by atoms with Crippen LogP contribution in [0.25, 0.3) is 0 Å². The van der Waals surface area contributed by atoms with Gasteiger partial charge in [-0.05, 0) is 37.8 Å². The molecular formula is C17H23N3O4. The number of amides is 4. The zero-order chi connectivity index (χ0) is 17.5. The van der Waals surface area contributed by atoms with Crippen molar-refractivity contribution in [1.29, 1.82) is 0 Å². The Morgan fingerprint density at radius 3 is 2.71 bits per heavy atom. The van der Waals surface area contributed by atoms with Crippen LogP contribution in [0.1, 0.15) is 39.4 Å². The van der Waals surface area contributed by atoms with E-state index < -0.39 is 17.5 Å². The van der Waals surface area contributed by atoms with Crippen LogP contribution in [0.4, 0.5) is 4.79 Å². The number of nitrogens with zero attached hydrogens (tertiary/aromatic N) is 2. The van der Waals surface area contributed by atoms with Gasteiger partial charge in [-0.1, -0.05) is 13.8 Å². The first-order valence-electron chi connectivity index (χ1n) is 8.30. The number of furan rings is 1. The lowest BCUT2D eigenvalue weighted by Gasteiger charge is -2.26. The van der Waals surface area contributed by atoms with Crippen molar-refractivity contribution in [3.05, 3.63) is 24.2 Å². The van der Waals surface area contributed by atoms with Crippen LogP contribution < -0.4 is 5.32 Å². The minimum absolute atomic E-state index is 0.182. The van der Waals surface area contributed by atoms with Crippen molar-refractivity contribution in [1.82, 2.24) is 15.1 Å². The molecule has 2 heterocycles. The quantitative estimate of drug-likeness (QED) is 0.803. The molecule has 130 valence electrons. The summed E-state index contributed by atoms with van der Waals surface area (Å²) in [7, 11) is 0. The second kappa shape index (κ2) is 5.96. The molecule has 0 bridgehead atoms. The maximum atomic E-state index is 12.7. The fraction of sp³-hybridized carbons (Fsp3) is 0.588. The Morgan fingerprint density at radius 2 is 2.17 bits per heavy atom. The van der Waals surface area contributed by atoms with Crippen LogP contribution in [0.2, 0.25) is 0 Å². The monoisotopic (exact) mass is 333 g/mol. The van der Waals surface area contributed by atoms with Gasteiger partial charge in [0.25, 0.3) is 5.91 Å². The van der Waals surface area contributed by atoms with Gasteiger partial charge in [-0.2, -0.15) is 0 Å². The standard InChI is InChI=1S/C17H23N3O4/c1-11(2)9-19(12-6-7-12)14(21)10-20-15(22)17(3,18-16(20)23)13-5-4-8-24-13/h4-5,8,11-12H,6-7,9-10H2,1-3H3,(H,18,23). The van der Waals surface area contributed by atoms with Crippen LogP contribution >= 0.6 is 0 Å². The molecule has 1 atom stereocenters. The number of carbonyl (C=O) groups is 3. The van der Waals surface area contributed by atoms with Crippen LogP contribution in [0.15, 0.2) is 22.8 Å². The van der Waals surface area contributed by atoms with E-state index in [1.54, 1.807) is 24.0 Å². The third-order valence-corrected chi connectivity index (χ3v) is 4.45. The van der Waals surface area contributed by atoms with Gasteiger partial charge in [-0.3, -0.25) is 14.5 Å². The maximum Gasteiger partial charge on any atom is 0.325 e. The number of hydrogen-bond acceptors (Lipinski definition) is 4. The Bertz CT molecular complexity index is 651. The van der Waals surface area contributed by atoms with Gasteiger partial charge in [0.15, 0.2) is 5.54 Å². The van der Waals surface area contributed by atoms with Crippen LogP contribution in [-0.4, -0.2) is 46.8 Å². The molecule has 3 rings (SSSR count). The minimum Gasteiger partial charge on any atom is -0.466 e. The summed E-state index contributed by atoms with van der Waals surface area (Å²) >= 11 is 0. The van der Waals surface area contributed by atoms with Crippen LogP contribution in [-0.2, 0) is 15.1 Å². The summed E-state index contributed by atoms with van der Waals surface area (Å²) in [6.45, 7) is 6.09. The molecule has 1 N–H and O–H groups in total. The fourth-order valence-corrected chi connectivity index (χ4v) is 3.03. The molecule has 7 nitrogen and oxygen atoms in total. The molecule has 1 saturated carbocycles. The number of hydrogen-bond donors (Lipinski definition) is 1. The number of imide groups is 1. The molecule has 4 amide bonds. The molecular weight excluding hydrogens is 310 g/mol. The summed E-state index contributed by atoms with van der Waals surface area (Å²) in [5.41, 5.74) is -1.26. The van der Waals surface area contributed by atoms with Gasteiger partial charge < -0.3 is 14.6 Å². The van der Waals surface area contributed by atoms with E-state index in [0.29, 0.717) is 18.2 Å². The van der Waals surface area contributed by atoms with Crippen molar-refractivity contribution in [3.8, 4) is 0 Å². The van der Waals surface area contributed by atoms with E-state index in [4.69, 9.17) is 4.42 Å². The first kappa shape index (κ1) is 16.5. The summed E-state index contributed by atoms with van der Waals surface area (Å²) < 4.78 is 5.28. The molecule has 1 aromatic rings. The summed E-state index contributed by atoms with van der Waals surface area (Å²) in [5, 5.41) is 2.64. The zero-order valence-electron chi connectivity index (χ0n) is 14.2. The van der Waals surface area contributed by atoms with E-state index >= 15 is 0 Å². The van der Waals surface area contributed by atoms with Gasteiger partial charge in [0.2, 0.25) is 5.91 Å². The van der Waals surface area contributed by atoms with Gasteiger partial charge >= 0.3 is 6.03 Å². The highest BCUT2D eigenvalue weighted by atomic mass is 16.3. The molecule has 24 heavy (non-hydrogen) atoms. The van der Waals surface area contributed by atoms with E-state index in [2.05, 4.69) is 5.32 Å². The van der Waals surface area contributed by atoms with E-state index in [-0.39, 0.29) is 18.5 Å². The lowest BCUT2D eigenvalue weighted by atomic mass is 9.99. The SMILES string of the molecule is CC(C)CN(C(=O)CN1C(=O)NC(C)(c2ccco2)C1=O)C1CC1. The first-order chi connectivity index (χ1) is 11.3. The van der Waals surface area contributed by atoms with Crippen molar-refractivity contribution in [2.45, 2.75) is 45.2 Å². The van der Waals surface area contributed by atoms with Crippen LogP contribution in [0.3, 0.4) is 0 Å². The number of nitrogens with one attached hydrogen (secondary N) is 1.